The fraction of sp³-hybridized carbons (Fsp3) is 0.562. The van der Waals surface area contributed by atoms with Crippen molar-refractivity contribution >= 4 is 11.9 Å². The first-order valence-corrected chi connectivity index (χ1v) is 8.17. The van der Waals surface area contributed by atoms with Crippen LogP contribution in [-0.4, -0.2) is 83.8 Å². The lowest BCUT2D eigenvalue weighted by atomic mass is 9.96. The predicted octanol–water partition coefficient (Wildman–Crippen LogP) is 1.72. The molecule has 2 atom stereocenters. The standard InChI is InChI=1S/C12H19N3O.2C2HF3O2/c1-16-7-6-15-8-11(12(13)9-15)10-2-4-14-5-3-10;2*3-2(4,5)1(6)7/h2-5,11-12H,6-9,13H2,1H3;2*(H,6,7)/t11-,12+;;/m1../s1. The second-order valence-corrected chi connectivity index (χ2v) is 5.91. The van der Waals surface area contributed by atoms with Crippen LogP contribution >= 0.6 is 0 Å². The Balaban J connectivity index is 0.000000503. The quantitative estimate of drug-likeness (QED) is 0.594. The number of nitrogens with zero attached hydrogens (tertiary/aromatic N) is 2. The lowest BCUT2D eigenvalue weighted by molar-refractivity contribution is -0.193. The highest BCUT2D eigenvalue weighted by atomic mass is 19.4. The van der Waals surface area contributed by atoms with Gasteiger partial charge in [0.25, 0.3) is 0 Å². The number of hydrogen-bond donors (Lipinski definition) is 3. The molecule has 0 amide bonds. The number of halogens is 6. The fourth-order valence-electron chi connectivity index (χ4n) is 2.28. The minimum Gasteiger partial charge on any atom is -0.475 e. The average molecular weight is 449 g/mol. The Morgan fingerprint density at radius 3 is 1.90 bits per heavy atom. The van der Waals surface area contributed by atoms with Crippen LogP contribution in [0.3, 0.4) is 0 Å². The molecule has 2 rings (SSSR count). The molecule has 0 unspecified atom stereocenters. The fourth-order valence-corrected chi connectivity index (χ4v) is 2.28. The van der Waals surface area contributed by atoms with Crippen LogP contribution in [0.25, 0.3) is 0 Å². The number of carboxylic acid groups (broad SMARTS) is 2. The van der Waals surface area contributed by atoms with Crippen LogP contribution in [0.5, 0.6) is 0 Å². The van der Waals surface area contributed by atoms with Gasteiger partial charge >= 0.3 is 24.3 Å². The van der Waals surface area contributed by atoms with Crippen molar-refractivity contribution in [3.63, 3.8) is 0 Å². The Morgan fingerprint density at radius 2 is 1.53 bits per heavy atom. The number of nitrogens with two attached hydrogens (primary N) is 1. The van der Waals surface area contributed by atoms with Gasteiger partial charge in [0.05, 0.1) is 6.61 Å². The molecule has 2 heterocycles. The highest BCUT2D eigenvalue weighted by Crippen LogP contribution is 2.25. The van der Waals surface area contributed by atoms with Crippen LogP contribution in [0.15, 0.2) is 24.5 Å². The van der Waals surface area contributed by atoms with E-state index in [-0.39, 0.29) is 6.04 Å². The lowest BCUT2D eigenvalue weighted by Gasteiger charge is -2.15. The number of pyridine rings is 1. The van der Waals surface area contributed by atoms with Gasteiger partial charge in [-0.15, -0.1) is 0 Å². The Bertz CT molecular complexity index is 633. The summed E-state index contributed by atoms with van der Waals surface area (Å²) in [4.78, 5) is 24.2. The summed E-state index contributed by atoms with van der Waals surface area (Å²) in [6.07, 6.45) is -6.50. The van der Waals surface area contributed by atoms with E-state index in [1.54, 1.807) is 7.11 Å². The predicted molar refractivity (Wildman–Crippen MR) is 90.7 cm³/mol. The van der Waals surface area contributed by atoms with Gasteiger partial charge in [-0.3, -0.25) is 9.88 Å². The molecule has 8 nitrogen and oxygen atoms in total. The number of carbonyl (C=O) groups is 2. The van der Waals surface area contributed by atoms with E-state index >= 15 is 0 Å². The van der Waals surface area contributed by atoms with Gasteiger partial charge in [0.15, 0.2) is 0 Å². The van der Waals surface area contributed by atoms with E-state index in [9.17, 15) is 26.3 Å². The minimum atomic E-state index is -5.08. The molecular formula is C16H21F6N3O5. The Kier molecular flexibility index (Phi) is 11.3. The Labute approximate surface area is 167 Å². The molecule has 0 aliphatic carbocycles. The van der Waals surface area contributed by atoms with E-state index < -0.39 is 24.3 Å². The molecule has 4 N–H and O–H groups in total. The van der Waals surface area contributed by atoms with Crippen molar-refractivity contribution in [3.05, 3.63) is 30.1 Å². The summed E-state index contributed by atoms with van der Waals surface area (Å²) >= 11 is 0. The van der Waals surface area contributed by atoms with Crippen molar-refractivity contribution < 1.29 is 50.9 Å². The maximum Gasteiger partial charge on any atom is 0.490 e. The third-order valence-corrected chi connectivity index (χ3v) is 3.67. The third-order valence-electron chi connectivity index (χ3n) is 3.67. The van der Waals surface area contributed by atoms with Gasteiger partial charge in [0.1, 0.15) is 0 Å². The van der Waals surface area contributed by atoms with Crippen LogP contribution in [0.4, 0.5) is 26.3 Å². The minimum absolute atomic E-state index is 0.222. The van der Waals surface area contributed by atoms with Gasteiger partial charge in [-0.05, 0) is 17.7 Å². The van der Waals surface area contributed by atoms with E-state index in [0.717, 1.165) is 26.2 Å². The molecule has 0 aromatic carbocycles. The van der Waals surface area contributed by atoms with Crippen molar-refractivity contribution in [3.8, 4) is 0 Å². The molecule has 1 fully saturated rings. The van der Waals surface area contributed by atoms with Crippen LogP contribution in [0.1, 0.15) is 11.5 Å². The van der Waals surface area contributed by atoms with Crippen molar-refractivity contribution in [1.29, 1.82) is 0 Å². The summed E-state index contributed by atoms with van der Waals surface area (Å²) in [5, 5.41) is 14.2. The molecular weight excluding hydrogens is 428 g/mol. The van der Waals surface area contributed by atoms with Gasteiger partial charge in [-0.25, -0.2) is 9.59 Å². The van der Waals surface area contributed by atoms with Crippen molar-refractivity contribution in [2.75, 3.05) is 33.4 Å². The summed E-state index contributed by atoms with van der Waals surface area (Å²) in [5.41, 5.74) is 7.46. The van der Waals surface area contributed by atoms with Gasteiger partial charge in [0, 0.05) is 51.1 Å². The molecule has 1 aliphatic heterocycles. The topological polar surface area (TPSA) is 126 Å². The number of rotatable bonds is 4. The zero-order valence-corrected chi connectivity index (χ0v) is 15.7. The monoisotopic (exact) mass is 449 g/mol. The molecule has 1 aromatic heterocycles. The zero-order valence-electron chi connectivity index (χ0n) is 15.7. The Hall–Kier alpha value is -2.45. The molecule has 0 radical (unpaired) electrons. The number of hydrogen-bond acceptors (Lipinski definition) is 6. The normalized spacial score (nSPS) is 19.2. The molecule has 30 heavy (non-hydrogen) atoms. The number of alkyl halides is 6. The van der Waals surface area contributed by atoms with E-state index in [2.05, 4.69) is 22.0 Å². The second-order valence-electron chi connectivity index (χ2n) is 5.91. The first-order valence-electron chi connectivity index (χ1n) is 8.17. The van der Waals surface area contributed by atoms with E-state index in [0.29, 0.717) is 5.92 Å². The summed E-state index contributed by atoms with van der Waals surface area (Å²) < 4.78 is 68.6. The van der Waals surface area contributed by atoms with Crippen molar-refractivity contribution in [1.82, 2.24) is 9.88 Å². The summed E-state index contributed by atoms with van der Waals surface area (Å²) in [6.45, 7) is 3.71. The first-order chi connectivity index (χ1) is 13.7. The first kappa shape index (κ1) is 27.5. The van der Waals surface area contributed by atoms with Gasteiger partial charge in [-0.1, -0.05) is 0 Å². The zero-order chi connectivity index (χ0) is 23.5. The Morgan fingerprint density at radius 1 is 1.10 bits per heavy atom. The van der Waals surface area contributed by atoms with E-state index in [1.165, 1.54) is 5.56 Å². The molecule has 14 heteroatoms. The number of aromatic nitrogens is 1. The van der Waals surface area contributed by atoms with Crippen LogP contribution < -0.4 is 5.73 Å². The third kappa shape index (κ3) is 10.9. The molecule has 0 saturated carbocycles. The summed E-state index contributed by atoms with van der Waals surface area (Å²) in [6, 6.07) is 4.34. The van der Waals surface area contributed by atoms with Gasteiger partial charge in [0.2, 0.25) is 0 Å². The van der Waals surface area contributed by atoms with Crippen molar-refractivity contribution in [2.45, 2.75) is 24.3 Å². The van der Waals surface area contributed by atoms with Crippen LogP contribution in [-0.2, 0) is 14.3 Å². The highest BCUT2D eigenvalue weighted by Gasteiger charge is 2.38. The van der Waals surface area contributed by atoms with Crippen molar-refractivity contribution in [2.24, 2.45) is 5.73 Å². The molecule has 1 aromatic rings. The molecule has 0 bridgehead atoms. The largest absolute Gasteiger partial charge is 0.490 e. The van der Waals surface area contributed by atoms with Gasteiger partial charge < -0.3 is 20.7 Å². The average Bonchev–Trinajstić information content (AvgIpc) is 3.01. The van der Waals surface area contributed by atoms with Gasteiger partial charge in [-0.2, -0.15) is 26.3 Å². The number of aliphatic carboxylic acids is 2. The number of methoxy groups -OCH3 is 1. The number of ether oxygens (including phenoxy) is 1. The second kappa shape index (κ2) is 12.3. The maximum absolute atomic E-state index is 10.6. The smallest absolute Gasteiger partial charge is 0.475 e. The van der Waals surface area contributed by atoms with Crippen LogP contribution in [0.2, 0.25) is 0 Å². The summed E-state index contributed by atoms with van der Waals surface area (Å²) in [5.74, 6) is -5.08. The summed E-state index contributed by atoms with van der Waals surface area (Å²) in [7, 11) is 1.73. The molecule has 1 aliphatic rings. The molecule has 0 spiro atoms. The number of likely N-dealkylation sites (tertiary alicyclic amines) is 1. The van der Waals surface area contributed by atoms with E-state index in [4.69, 9.17) is 30.3 Å². The SMILES string of the molecule is COCCN1C[C@H](c2ccncc2)[C@@H](N)C1.O=C(O)C(F)(F)F.O=C(O)C(F)(F)F. The van der Waals surface area contributed by atoms with Crippen LogP contribution in [0, 0.1) is 0 Å². The highest BCUT2D eigenvalue weighted by molar-refractivity contribution is 5.73. The maximum atomic E-state index is 10.6. The molecule has 172 valence electrons. The lowest BCUT2D eigenvalue weighted by Crippen LogP contribution is -2.30. The molecule has 1 saturated heterocycles. The van der Waals surface area contributed by atoms with E-state index in [1.807, 2.05) is 12.4 Å². The number of carboxylic acids is 2.